The highest BCUT2D eigenvalue weighted by Crippen LogP contribution is 2.36. The fraction of sp³-hybridized carbons (Fsp3) is 0.381. The Labute approximate surface area is 182 Å². The van der Waals surface area contributed by atoms with Gasteiger partial charge in [-0.1, -0.05) is 6.92 Å². The maximum absolute atomic E-state index is 13.7. The molecule has 0 spiro atoms. The van der Waals surface area contributed by atoms with E-state index >= 15 is 0 Å². The average Bonchev–Trinajstić information content (AvgIpc) is 3.24. The Hall–Kier alpha value is -3.52. The van der Waals surface area contributed by atoms with Crippen molar-refractivity contribution in [2.75, 3.05) is 18.4 Å². The van der Waals surface area contributed by atoms with Crippen LogP contribution in [0.5, 0.6) is 0 Å². The van der Waals surface area contributed by atoms with Crippen molar-refractivity contribution in [3.8, 4) is 23.1 Å². The smallest absolute Gasteiger partial charge is 0.351 e. The number of hydrogen-bond acceptors (Lipinski definition) is 7. The van der Waals surface area contributed by atoms with Crippen molar-refractivity contribution in [2.24, 2.45) is 5.92 Å². The van der Waals surface area contributed by atoms with Crippen molar-refractivity contribution in [2.45, 2.75) is 32.5 Å². The van der Waals surface area contributed by atoms with Crippen LogP contribution >= 0.6 is 0 Å². The molecule has 0 radical (unpaired) electrons. The molecule has 2 N–H and O–H groups in total. The average molecular weight is 442 g/mol. The van der Waals surface area contributed by atoms with Crippen molar-refractivity contribution in [3.05, 3.63) is 47.8 Å². The van der Waals surface area contributed by atoms with Gasteiger partial charge in [-0.05, 0) is 44.5 Å². The van der Waals surface area contributed by atoms with E-state index in [-0.39, 0.29) is 35.0 Å². The Morgan fingerprint density at radius 2 is 2.06 bits per heavy atom. The number of nitrogens with one attached hydrogen (secondary N) is 2. The van der Waals surface area contributed by atoms with Gasteiger partial charge in [-0.25, -0.2) is 19.9 Å². The number of nitrogens with zero attached hydrogens (tertiary/aromatic N) is 6. The lowest BCUT2D eigenvalue weighted by molar-refractivity contribution is -0.137. The van der Waals surface area contributed by atoms with Crippen LogP contribution in [-0.4, -0.2) is 43.6 Å². The van der Waals surface area contributed by atoms with Crippen LogP contribution in [-0.2, 0) is 6.18 Å². The summed E-state index contributed by atoms with van der Waals surface area (Å²) in [6.07, 6.45) is -0.312. The van der Waals surface area contributed by atoms with Crippen LogP contribution in [0.4, 0.5) is 19.1 Å². The molecular formula is C21H21F3N8. The zero-order valence-corrected chi connectivity index (χ0v) is 17.5. The number of anilines is 1. The quantitative estimate of drug-likeness (QED) is 0.639. The van der Waals surface area contributed by atoms with Gasteiger partial charge in [0.15, 0.2) is 5.69 Å². The Kier molecular flexibility index (Phi) is 5.80. The Bertz CT molecular complexity index is 1160. The van der Waals surface area contributed by atoms with Crippen LogP contribution in [0, 0.1) is 24.2 Å². The number of hydrogen-bond donors (Lipinski definition) is 2. The number of halogens is 3. The first-order valence-electron chi connectivity index (χ1n) is 10.1. The van der Waals surface area contributed by atoms with E-state index in [9.17, 15) is 18.4 Å². The number of piperidine rings is 1. The summed E-state index contributed by atoms with van der Waals surface area (Å²) < 4.78 is 42.5. The third-order valence-electron chi connectivity index (χ3n) is 5.42. The topological polar surface area (TPSA) is 104 Å². The highest BCUT2D eigenvalue weighted by molar-refractivity contribution is 5.61. The molecule has 1 aliphatic rings. The van der Waals surface area contributed by atoms with Crippen molar-refractivity contribution in [3.63, 3.8) is 0 Å². The van der Waals surface area contributed by atoms with Gasteiger partial charge in [0.1, 0.15) is 29.3 Å². The lowest BCUT2D eigenvalue weighted by Gasteiger charge is -2.30. The van der Waals surface area contributed by atoms with Gasteiger partial charge >= 0.3 is 6.18 Å². The van der Waals surface area contributed by atoms with Gasteiger partial charge < -0.3 is 15.2 Å². The van der Waals surface area contributed by atoms with Gasteiger partial charge in [0, 0.05) is 24.1 Å². The summed E-state index contributed by atoms with van der Waals surface area (Å²) >= 11 is 0. The molecule has 3 aromatic heterocycles. The standard InChI is InChI=1S/C21H21F3N8/c1-12-8-26-6-5-15(12)30-20-27-9-14(21(22,23)24)19(31-20)17-10-32(11-28-17)18-4-3-13(2)29-16(18)7-25/h3-4,9-12,15,26H,5-6,8H2,1-2H3,(H,27,30,31)/t12-,15+/m1/s1. The van der Waals surface area contributed by atoms with Crippen molar-refractivity contribution < 1.29 is 13.2 Å². The molecule has 0 aliphatic carbocycles. The van der Waals surface area contributed by atoms with E-state index in [1.165, 1.54) is 17.1 Å². The van der Waals surface area contributed by atoms with Gasteiger partial charge in [0.2, 0.25) is 5.95 Å². The summed E-state index contributed by atoms with van der Waals surface area (Å²) in [5, 5.41) is 15.8. The van der Waals surface area contributed by atoms with Crippen LogP contribution < -0.4 is 10.6 Å². The number of pyridine rings is 1. The summed E-state index contributed by atoms with van der Waals surface area (Å²) in [7, 11) is 0. The number of aryl methyl sites for hydroxylation is 1. The monoisotopic (exact) mass is 442 g/mol. The van der Waals surface area contributed by atoms with Crippen molar-refractivity contribution in [1.29, 1.82) is 5.26 Å². The largest absolute Gasteiger partial charge is 0.420 e. The van der Waals surface area contributed by atoms with Gasteiger partial charge in [0.25, 0.3) is 0 Å². The van der Waals surface area contributed by atoms with Gasteiger partial charge in [-0.15, -0.1) is 0 Å². The summed E-state index contributed by atoms with van der Waals surface area (Å²) in [5.41, 5.74) is -0.0614. The SMILES string of the molecule is Cc1ccc(-n2cnc(-c3nc(N[C@H]4CCNC[C@H]4C)ncc3C(F)(F)F)c2)c(C#N)n1. The number of nitriles is 1. The molecule has 8 nitrogen and oxygen atoms in total. The molecule has 0 aromatic carbocycles. The van der Waals surface area contributed by atoms with Crippen LogP contribution in [0.15, 0.2) is 30.9 Å². The van der Waals surface area contributed by atoms with E-state index in [1.54, 1.807) is 19.1 Å². The lowest BCUT2D eigenvalue weighted by atomic mass is 9.95. The van der Waals surface area contributed by atoms with E-state index in [0.717, 1.165) is 25.7 Å². The van der Waals surface area contributed by atoms with Gasteiger partial charge in [-0.3, -0.25) is 0 Å². The summed E-state index contributed by atoms with van der Waals surface area (Å²) in [5.74, 6) is 0.395. The minimum Gasteiger partial charge on any atom is -0.351 e. The predicted molar refractivity (Wildman–Crippen MR) is 111 cm³/mol. The minimum atomic E-state index is -4.65. The normalized spacial score (nSPS) is 18.9. The molecule has 0 unspecified atom stereocenters. The molecule has 4 heterocycles. The molecule has 4 rings (SSSR count). The van der Waals surface area contributed by atoms with Crippen LogP contribution in [0.3, 0.4) is 0 Å². The molecule has 2 atom stereocenters. The molecule has 3 aromatic rings. The fourth-order valence-corrected chi connectivity index (χ4v) is 3.67. The number of alkyl halides is 3. The Morgan fingerprint density at radius 3 is 2.78 bits per heavy atom. The minimum absolute atomic E-state index is 0.0191. The van der Waals surface area contributed by atoms with Crippen molar-refractivity contribution >= 4 is 5.95 Å². The maximum atomic E-state index is 13.7. The van der Waals surface area contributed by atoms with Crippen LogP contribution in [0.2, 0.25) is 0 Å². The Balaban J connectivity index is 1.73. The molecule has 166 valence electrons. The van der Waals surface area contributed by atoms with E-state index < -0.39 is 11.7 Å². The first kappa shape index (κ1) is 21.7. The maximum Gasteiger partial charge on any atom is 0.420 e. The van der Waals surface area contributed by atoms with E-state index in [2.05, 4.69) is 37.5 Å². The Morgan fingerprint density at radius 1 is 1.25 bits per heavy atom. The second-order valence-corrected chi connectivity index (χ2v) is 7.77. The first-order valence-corrected chi connectivity index (χ1v) is 10.1. The number of aromatic nitrogens is 5. The van der Waals surface area contributed by atoms with Crippen LogP contribution in [0.25, 0.3) is 17.1 Å². The molecule has 0 saturated carbocycles. The summed E-state index contributed by atoms with van der Waals surface area (Å²) in [6.45, 7) is 5.42. The molecule has 32 heavy (non-hydrogen) atoms. The predicted octanol–water partition coefficient (Wildman–Crippen LogP) is 3.33. The van der Waals surface area contributed by atoms with E-state index in [1.807, 2.05) is 6.07 Å². The fourth-order valence-electron chi connectivity index (χ4n) is 3.67. The van der Waals surface area contributed by atoms with Crippen molar-refractivity contribution in [1.82, 2.24) is 29.8 Å². The van der Waals surface area contributed by atoms with Crippen LogP contribution in [0.1, 0.15) is 30.3 Å². The molecule has 1 saturated heterocycles. The third kappa shape index (κ3) is 4.40. The lowest BCUT2D eigenvalue weighted by Crippen LogP contribution is -2.42. The zero-order chi connectivity index (χ0) is 22.9. The zero-order valence-electron chi connectivity index (χ0n) is 17.5. The molecule has 1 fully saturated rings. The second kappa shape index (κ2) is 8.55. The van der Waals surface area contributed by atoms with Gasteiger partial charge in [0.05, 0.1) is 5.69 Å². The highest BCUT2D eigenvalue weighted by atomic mass is 19.4. The molecule has 11 heteroatoms. The third-order valence-corrected chi connectivity index (χ3v) is 5.42. The van der Waals surface area contributed by atoms with E-state index in [0.29, 0.717) is 11.4 Å². The molecule has 0 amide bonds. The molecule has 1 aliphatic heterocycles. The molecule has 0 bridgehead atoms. The summed E-state index contributed by atoms with van der Waals surface area (Å²) in [6, 6.07) is 5.43. The van der Waals surface area contributed by atoms with E-state index in [4.69, 9.17) is 0 Å². The van der Waals surface area contributed by atoms with Gasteiger partial charge in [-0.2, -0.15) is 18.4 Å². The molecular weight excluding hydrogens is 421 g/mol. The summed E-state index contributed by atoms with van der Waals surface area (Å²) in [4.78, 5) is 16.4. The second-order valence-electron chi connectivity index (χ2n) is 7.77. The number of imidazole rings is 1. The first-order chi connectivity index (χ1) is 15.3. The highest BCUT2D eigenvalue weighted by Gasteiger charge is 2.36. The number of rotatable bonds is 4.